The number of halogens is 1. The lowest BCUT2D eigenvalue weighted by Crippen LogP contribution is -2.41. The molecule has 0 aliphatic heterocycles. The summed E-state index contributed by atoms with van der Waals surface area (Å²) in [5.41, 5.74) is 0.863. The number of rotatable bonds is 7. The summed E-state index contributed by atoms with van der Waals surface area (Å²) in [6.45, 7) is 5.69. The second kappa shape index (κ2) is 7.71. The number of nitro benzene ring substituents is 1. The fraction of sp³-hybridized carbons (Fsp3) is 0.571. The maximum Gasteiger partial charge on any atom is 0.273 e. The van der Waals surface area contributed by atoms with Gasteiger partial charge in [0.2, 0.25) is 0 Å². The van der Waals surface area contributed by atoms with Gasteiger partial charge in [-0.3, -0.25) is 10.1 Å². The third-order valence-electron chi connectivity index (χ3n) is 3.16. The van der Waals surface area contributed by atoms with Gasteiger partial charge in [-0.25, -0.2) is 0 Å². The molecule has 0 aliphatic carbocycles. The average Bonchev–Trinajstić information content (AvgIpc) is 2.33. The molecule has 0 radical (unpaired) electrons. The molecule has 1 atom stereocenters. The quantitative estimate of drug-likeness (QED) is 0.610. The van der Waals surface area contributed by atoms with Crippen LogP contribution < -0.4 is 5.32 Å². The third-order valence-corrected chi connectivity index (χ3v) is 3.65. The third kappa shape index (κ3) is 5.19. The Labute approximate surface area is 128 Å². The van der Waals surface area contributed by atoms with Crippen LogP contribution in [0.1, 0.15) is 19.4 Å². The first-order valence-electron chi connectivity index (χ1n) is 6.62. The zero-order chi connectivity index (χ0) is 15.3. The van der Waals surface area contributed by atoms with Crippen molar-refractivity contribution in [1.82, 2.24) is 10.2 Å². The van der Waals surface area contributed by atoms with Gasteiger partial charge >= 0.3 is 0 Å². The van der Waals surface area contributed by atoms with Crippen molar-refractivity contribution in [3.8, 4) is 0 Å². The molecular weight excluding hydrogens is 322 g/mol. The van der Waals surface area contributed by atoms with E-state index in [0.29, 0.717) is 24.1 Å². The first kappa shape index (κ1) is 17.1. The molecule has 1 rings (SSSR count). The van der Waals surface area contributed by atoms with E-state index < -0.39 is 0 Å². The van der Waals surface area contributed by atoms with E-state index >= 15 is 0 Å². The standard InChI is InChI=1S/C14H22BrN3O2/c1-10(2)13(9-17(3)4)16-8-11-7-12(15)5-6-14(11)18(19)20/h5-7,10,13,16H,8-9H2,1-4H3. The minimum absolute atomic E-state index is 0.160. The highest BCUT2D eigenvalue weighted by Crippen LogP contribution is 2.23. The van der Waals surface area contributed by atoms with Crippen LogP contribution in [0.15, 0.2) is 22.7 Å². The molecule has 0 saturated carbocycles. The second-order valence-electron chi connectivity index (χ2n) is 5.52. The van der Waals surface area contributed by atoms with Crippen LogP contribution >= 0.6 is 15.9 Å². The number of nitro groups is 1. The Kier molecular flexibility index (Phi) is 6.58. The SMILES string of the molecule is CC(C)C(CN(C)C)NCc1cc(Br)ccc1[N+](=O)[O-]. The minimum atomic E-state index is -0.334. The summed E-state index contributed by atoms with van der Waals surface area (Å²) in [7, 11) is 4.05. The lowest BCUT2D eigenvalue weighted by Gasteiger charge is -2.25. The number of hydrogen-bond acceptors (Lipinski definition) is 4. The summed E-state index contributed by atoms with van der Waals surface area (Å²) < 4.78 is 0.855. The Bertz CT molecular complexity index is 464. The smallest absolute Gasteiger partial charge is 0.273 e. The van der Waals surface area contributed by atoms with Crippen LogP contribution in [0.2, 0.25) is 0 Å². The Balaban J connectivity index is 2.81. The maximum atomic E-state index is 11.0. The minimum Gasteiger partial charge on any atom is -0.308 e. The Hall–Kier alpha value is -0.980. The van der Waals surface area contributed by atoms with Crippen molar-refractivity contribution in [2.45, 2.75) is 26.4 Å². The molecular formula is C14H22BrN3O2. The molecule has 0 amide bonds. The number of nitrogens with zero attached hydrogens (tertiary/aromatic N) is 2. The van der Waals surface area contributed by atoms with Crippen LogP contribution in [0.3, 0.4) is 0 Å². The van der Waals surface area contributed by atoms with Gasteiger partial charge in [0.1, 0.15) is 0 Å². The number of benzene rings is 1. The predicted molar refractivity (Wildman–Crippen MR) is 84.8 cm³/mol. The predicted octanol–water partition coefficient (Wildman–Crippen LogP) is 3.03. The highest BCUT2D eigenvalue weighted by Gasteiger charge is 2.17. The molecule has 0 bridgehead atoms. The van der Waals surface area contributed by atoms with Gasteiger partial charge in [0, 0.05) is 35.2 Å². The Morgan fingerprint density at radius 3 is 2.55 bits per heavy atom. The zero-order valence-corrected chi connectivity index (χ0v) is 14.0. The fourth-order valence-electron chi connectivity index (χ4n) is 2.02. The molecule has 0 aliphatic rings. The first-order chi connectivity index (χ1) is 9.31. The van der Waals surface area contributed by atoms with E-state index in [1.165, 1.54) is 6.07 Å². The van der Waals surface area contributed by atoms with Crippen molar-refractivity contribution in [1.29, 1.82) is 0 Å². The van der Waals surface area contributed by atoms with Crippen LogP contribution in [0, 0.1) is 16.0 Å². The molecule has 1 aromatic rings. The van der Waals surface area contributed by atoms with E-state index in [1.54, 1.807) is 12.1 Å². The van der Waals surface area contributed by atoms with E-state index in [0.717, 1.165) is 11.0 Å². The molecule has 1 unspecified atom stereocenters. The summed E-state index contributed by atoms with van der Waals surface area (Å²) in [4.78, 5) is 12.8. The number of hydrogen-bond donors (Lipinski definition) is 1. The molecule has 6 heteroatoms. The monoisotopic (exact) mass is 343 g/mol. The van der Waals surface area contributed by atoms with Gasteiger partial charge in [0.15, 0.2) is 0 Å². The van der Waals surface area contributed by atoms with Crippen molar-refractivity contribution in [2.75, 3.05) is 20.6 Å². The summed E-state index contributed by atoms with van der Waals surface area (Å²) in [5, 5.41) is 14.5. The molecule has 1 aromatic carbocycles. The van der Waals surface area contributed by atoms with Gasteiger partial charge in [-0.15, -0.1) is 0 Å². The van der Waals surface area contributed by atoms with Crippen LogP contribution in [0.4, 0.5) is 5.69 Å². The lowest BCUT2D eigenvalue weighted by atomic mass is 10.0. The van der Waals surface area contributed by atoms with Gasteiger partial charge in [-0.2, -0.15) is 0 Å². The molecule has 0 saturated heterocycles. The summed E-state index contributed by atoms with van der Waals surface area (Å²) in [5.74, 6) is 0.462. The van der Waals surface area contributed by atoms with Crippen molar-refractivity contribution in [2.24, 2.45) is 5.92 Å². The molecule has 0 heterocycles. The van der Waals surface area contributed by atoms with Crippen LogP contribution in [0.5, 0.6) is 0 Å². The summed E-state index contributed by atoms with van der Waals surface area (Å²) >= 11 is 3.36. The van der Waals surface area contributed by atoms with E-state index in [9.17, 15) is 10.1 Å². The number of nitrogens with one attached hydrogen (secondary N) is 1. The van der Waals surface area contributed by atoms with Gasteiger partial charge in [0.05, 0.1) is 4.92 Å². The Morgan fingerprint density at radius 1 is 1.40 bits per heavy atom. The molecule has 1 N–H and O–H groups in total. The average molecular weight is 344 g/mol. The fourth-order valence-corrected chi connectivity index (χ4v) is 2.43. The molecule has 5 nitrogen and oxygen atoms in total. The van der Waals surface area contributed by atoms with Gasteiger partial charge in [-0.1, -0.05) is 29.8 Å². The van der Waals surface area contributed by atoms with Crippen molar-refractivity contribution < 1.29 is 4.92 Å². The molecule has 0 fully saturated rings. The molecule has 0 spiro atoms. The van der Waals surface area contributed by atoms with Crippen LogP contribution in [-0.4, -0.2) is 36.5 Å². The highest BCUT2D eigenvalue weighted by molar-refractivity contribution is 9.10. The van der Waals surface area contributed by atoms with Gasteiger partial charge in [-0.05, 0) is 32.1 Å². The summed E-state index contributed by atoms with van der Waals surface area (Å²) in [6.07, 6.45) is 0. The van der Waals surface area contributed by atoms with E-state index in [2.05, 4.69) is 40.0 Å². The zero-order valence-electron chi connectivity index (χ0n) is 12.4. The normalized spacial score (nSPS) is 12.9. The van der Waals surface area contributed by atoms with Crippen molar-refractivity contribution in [3.63, 3.8) is 0 Å². The Morgan fingerprint density at radius 2 is 2.05 bits per heavy atom. The van der Waals surface area contributed by atoms with Gasteiger partial charge in [0.25, 0.3) is 5.69 Å². The second-order valence-corrected chi connectivity index (χ2v) is 6.44. The van der Waals surface area contributed by atoms with Crippen LogP contribution in [0.25, 0.3) is 0 Å². The van der Waals surface area contributed by atoms with E-state index in [-0.39, 0.29) is 10.6 Å². The molecule has 112 valence electrons. The summed E-state index contributed by atoms with van der Waals surface area (Å²) in [6, 6.07) is 5.33. The lowest BCUT2D eigenvalue weighted by molar-refractivity contribution is -0.385. The van der Waals surface area contributed by atoms with E-state index in [4.69, 9.17) is 0 Å². The largest absolute Gasteiger partial charge is 0.308 e. The molecule has 20 heavy (non-hydrogen) atoms. The first-order valence-corrected chi connectivity index (χ1v) is 7.41. The topological polar surface area (TPSA) is 58.4 Å². The number of likely N-dealkylation sites (N-methyl/N-ethyl adjacent to an activating group) is 1. The van der Waals surface area contributed by atoms with Crippen molar-refractivity contribution in [3.05, 3.63) is 38.3 Å². The highest BCUT2D eigenvalue weighted by atomic mass is 79.9. The van der Waals surface area contributed by atoms with Crippen molar-refractivity contribution >= 4 is 21.6 Å². The maximum absolute atomic E-state index is 11.0. The van der Waals surface area contributed by atoms with E-state index in [1.807, 2.05) is 14.1 Å². The van der Waals surface area contributed by atoms with Gasteiger partial charge < -0.3 is 10.2 Å². The molecule has 0 aromatic heterocycles. The van der Waals surface area contributed by atoms with Crippen LogP contribution in [-0.2, 0) is 6.54 Å².